The Morgan fingerprint density at radius 3 is 2.50 bits per heavy atom. The molecule has 0 saturated heterocycles. The van der Waals surface area contributed by atoms with Crippen LogP contribution < -0.4 is 4.90 Å². The van der Waals surface area contributed by atoms with Crippen LogP contribution in [-0.4, -0.2) is 21.9 Å². The molecule has 0 fully saturated rings. The number of furan rings is 2. The minimum absolute atomic E-state index is 0.391. The van der Waals surface area contributed by atoms with Crippen molar-refractivity contribution in [3.8, 4) is 23.2 Å². The Balaban J connectivity index is 1.44. The van der Waals surface area contributed by atoms with Crippen molar-refractivity contribution in [3.63, 3.8) is 0 Å². The topological polar surface area (TPSA) is 95.7 Å². The summed E-state index contributed by atoms with van der Waals surface area (Å²) in [6, 6.07) is 9.14. The largest absolute Gasteiger partial charge is 0.461 e. The second kappa shape index (κ2) is 7.40. The molecular weight excluding hydrogens is 336 g/mol. The Labute approximate surface area is 149 Å². The van der Waals surface area contributed by atoms with Crippen LogP contribution in [0.4, 0.5) is 0 Å². The second-order valence-electron chi connectivity index (χ2n) is 5.99. The summed E-state index contributed by atoms with van der Waals surface area (Å²) in [4.78, 5) is 1.25. The highest BCUT2D eigenvalue weighted by atomic mass is 16.5. The lowest BCUT2D eigenvalue weighted by atomic mass is 10.3. The molecule has 0 spiro atoms. The van der Waals surface area contributed by atoms with Crippen LogP contribution in [0.1, 0.15) is 24.9 Å². The summed E-state index contributed by atoms with van der Waals surface area (Å²) in [6.45, 7) is 4.38. The highest BCUT2D eigenvalue weighted by molar-refractivity contribution is 5.49. The molecule has 0 radical (unpaired) electrons. The van der Waals surface area contributed by atoms with E-state index in [0.717, 1.165) is 18.7 Å². The van der Waals surface area contributed by atoms with E-state index in [9.17, 15) is 0 Å². The summed E-state index contributed by atoms with van der Waals surface area (Å²) >= 11 is 0. The van der Waals surface area contributed by atoms with Crippen LogP contribution in [0.15, 0.2) is 60.6 Å². The highest BCUT2D eigenvalue weighted by Crippen LogP contribution is 2.20. The third kappa shape index (κ3) is 3.60. The minimum atomic E-state index is 0.391. The van der Waals surface area contributed by atoms with E-state index in [-0.39, 0.29) is 0 Å². The summed E-state index contributed by atoms with van der Waals surface area (Å²) in [5, 5.41) is 12.3. The first kappa shape index (κ1) is 16.3. The summed E-state index contributed by atoms with van der Waals surface area (Å²) in [6.07, 6.45) is 4.21. The summed E-state index contributed by atoms with van der Waals surface area (Å²) in [5.74, 6) is 2.82. The van der Waals surface area contributed by atoms with Crippen LogP contribution in [0, 0.1) is 0 Å². The van der Waals surface area contributed by atoms with Crippen LogP contribution >= 0.6 is 0 Å². The van der Waals surface area contributed by atoms with Crippen molar-refractivity contribution in [1.82, 2.24) is 15.4 Å². The molecule has 4 heterocycles. The van der Waals surface area contributed by atoms with E-state index >= 15 is 0 Å². The lowest BCUT2D eigenvalue weighted by molar-refractivity contribution is -0.929. The SMILES string of the molecule is CCC[NH+](Cc1cc(-c2ccco2)on1)Cc1nnc(-c2ccco2)o1. The first-order valence-corrected chi connectivity index (χ1v) is 8.51. The molecule has 134 valence electrons. The van der Waals surface area contributed by atoms with E-state index in [0.29, 0.717) is 42.2 Å². The molecule has 0 aliphatic carbocycles. The van der Waals surface area contributed by atoms with E-state index in [4.69, 9.17) is 17.8 Å². The summed E-state index contributed by atoms with van der Waals surface area (Å²) < 4.78 is 21.7. The molecule has 0 aliphatic heterocycles. The Hall–Kier alpha value is -3.13. The van der Waals surface area contributed by atoms with Gasteiger partial charge >= 0.3 is 0 Å². The van der Waals surface area contributed by atoms with E-state index in [1.807, 2.05) is 18.2 Å². The van der Waals surface area contributed by atoms with Gasteiger partial charge in [0, 0.05) is 6.07 Å². The monoisotopic (exact) mass is 355 g/mol. The van der Waals surface area contributed by atoms with Gasteiger partial charge in [-0.2, -0.15) is 0 Å². The maximum Gasteiger partial charge on any atom is 0.283 e. The molecule has 0 aliphatic rings. The molecule has 4 rings (SSSR count). The standard InChI is InChI=1S/C18H18N4O4/c1-2-7-22(11-13-10-16(26-21-13)14-5-3-8-23-14)12-17-19-20-18(25-17)15-6-4-9-24-15/h3-6,8-10H,2,7,11-12H2,1H3/p+1. The van der Waals surface area contributed by atoms with Gasteiger partial charge in [0.15, 0.2) is 18.1 Å². The number of aromatic nitrogens is 3. The van der Waals surface area contributed by atoms with Gasteiger partial charge in [0.2, 0.25) is 5.76 Å². The number of quaternary nitrogens is 1. The van der Waals surface area contributed by atoms with Gasteiger partial charge in [0.05, 0.1) is 19.1 Å². The molecule has 0 aromatic carbocycles. The Kier molecular flexibility index (Phi) is 4.65. The average Bonchev–Trinajstić information content (AvgIpc) is 3.41. The minimum Gasteiger partial charge on any atom is -0.461 e. The van der Waals surface area contributed by atoms with Gasteiger partial charge in [-0.15, -0.1) is 10.2 Å². The maximum atomic E-state index is 5.71. The zero-order valence-corrected chi connectivity index (χ0v) is 14.3. The van der Waals surface area contributed by atoms with E-state index in [1.54, 1.807) is 24.7 Å². The number of nitrogens with one attached hydrogen (secondary N) is 1. The number of hydrogen-bond acceptors (Lipinski definition) is 7. The molecule has 26 heavy (non-hydrogen) atoms. The van der Waals surface area contributed by atoms with Gasteiger partial charge in [-0.3, -0.25) is 0 Å². The smallest absolute Gasteiger partial charge is 0.283 e. The van der Waals surface area contributed by atoms with Crippen molar-refractivity contribution in [2.75, 3.05) is 6.54 Å². The molecule has 4 aromatic heterocycles. The fraction of sp³-hybridized carbons (Fsp3) is 0.278. The van der Waals surface area contributed by atoms with Gasteiger partial charge in [0.1, 0.15) is 12.2 Å². The summed E-state index contributed by atoms with van der Waals surface area (Å²) in [7, 11) is 0. The van der Waals surface area contributed by atoms with Gasteiger partial charge in [-0.25, -0.2) is 0 Å². The zero-order valence-electron chi connectivity index (χ0n) is 14.3. The van der Waals surface area contributed by atoms with Crippen LogP contribution in [0.5, 0.6) is 0 Å². The van der Waals surface area contributed by atoms with E-state index in [2.05, 4.69) is 22.3 Å². The molecule has 8 heteroatoms. The van der Waals surface area contributed by atoms with Crippen molar-refractivity contribution < 1.29 is 22.7 Å². The van der Waals surface area contributed by atoms with Crippen LogP contribution in [0.3, 0.4) is 0 Å². The maximum absolute atomic E-state index is 5.71. The fourth-order valence-corrected chi connectivity index (χ4v) is 2.82. The molecule has 1 atom stereocenters. The normalized spacial score (nSPS) is 12.5. The first-order valence-electron chi connectivity index (χ1n) is 8.51. The highest BCUT2D eigenvalue weighted by Gasteiger charge is 2.19. The predicted octanol–water partition coefficient (Wildman–Crippen LogP) is 2.57. The Morgan fingerprint density at radius 2 is 1.77 bits per heavy atom. The van der Waals surface area contributed by atoms with Crippen molar-refractivity contribution in [3.05, 3.63) is 54.4 Å². The predicted molar refractivity (Wildman–Crippen MR) is 89.7 cm³/mol. The van der Waals surface area contributed by atoms with Gasteiger partial charge < -0.3 is 22.7 Å². The molecule has 4 aromatic rings. The molecule has 8 nitrogen and oxygen atoms in total. The first-order chi connectivity index (χ1) is 12.8. The molecule has 0 saturated carbocycles. The molecule has 1 unspecified atom stereocenters. The van der Waals surface area contributed by atoms with Crippen molar-refractivity contribution in [2.45, 2.75) is 26.4 Å². The Morgan fingerprint density at radius 1 is 0.962 bits per heavy atom. The molecule has 0 amide bonds. The molecule has 0 bridgehead atoms. The number of nitrogens with zero attached hydrogens (tertiary/aromatic N) is 3. The van der Waals surface area contributed by atoms with Gasteiger partial charge in [-0.05, 0) is 30.7 Å². The quantitative estimate of drug-likeness (QED) is 0.519. The van der Waals surface area contributed by atoms with Crippen molar-refractivity contribution >= 4 is 0 Å². The van der Waals surface area contributed by atoms with Gasteiger partial charge in [0.25, 0.3) is 11.8 Å². The van der Waals surface area contributed by atoms with Crippen LogP contribution in [-0.2, 0) is 13.1 Å². The number of hydrogen-bond donors (Lipinski definition) is 1. The van der Waals surface area contributed by atoms with Crippen LogP contribution in [0.2, 0.25) is 0 Å². The average molecular weight is 355 g/mol. The van der Waals surface area contributed by atoms with E-state index in [1.165, 1.54) is 4.90 Å². The summed E-state index contributed by atoms with van der Waals surface area (Å²) in [5.41, 5.74) is 0.852. The van der Waals surface area contributed by atoms with Crippen molar-refractivity contribution in [1.29, 1.82) is 0 Å². The molecule has 1 N–H and O–H groups in total. The Bertz CT molecular complexity index is 850. The van der Waals surface area contributed by atoms with E-state index < -0.39 is 0 Å². The third-order valence-electron chi connectivity index (χ3n) is 3.96. The third-order valence-corrected chi connectivity index (χ3v) is 3.96. The number of rotatable bonds is 8. The molecular formula is C18H19N4O4+. The van der Waals surface area contributed by atoms with Crippen LogP contribution in [0.25, 0.3) is 23.2 Å². The van der Waals surface area contributed by atoms with Gasteiger partial charge in [-0.1, -0.05) is 12.1 Å². The zero-order chi connectivity index (χ0) is 17.8. The fourth-order valence-electron chi connectivity index (χ4n) is 2.82. The lowest BCUT2D eigenvalue weighted by Gasteiger charge is -2.15. The lowest BCUT2D eigenvalue weighted by Crippen LogP contribution is -3.09. The second-order valence-corrected chi connectivity index (χ2v) is 5.99. The van der Waals surface area contributed by atoms with Crippen molar-refractivity contribution in [2.24, 2.45) is 0 Å².